The summed E-state index contributed by atoms with van der Waals surface area (Å²) in [4.78, 5) is 19.0. The molecule has 1 aliphatic heterocycles. The molecule has 1 aliphatic rings. The summed E-state index contributed by atoms with van der Waals surface area (Å²) >= 11 is 13.3. The molecule has 0 bridgehead atoms. The van der Waals surface area contributed by atoms with Crippen LogP contribution < -0.4 is 9.64 Å². The van der Waals surface area contributed by atoms with Gasteiger partial charge in [0.2, 0.25) is 0 Å². The largest absolute Gasteiger partial charge is 0.482 e. The number of aromatic nitrogens is 1. The molecule has 4 rings (SSSR count). The Morgan fingerprint density at radius 1 is 1.31 bits per heavy atom. The minimum absolute atomic E-state index is 0.0678. The van der Waals surface area contributed by atoms with E-state index in [1.807, 2.05) is 0 Å². The number of halogens is 3. The Balaban J connectivity index is 1.55. The van der Waals surface area contributed by atoms with Crippen LogP contribution >= 0.6 is 34.5 Å². The van der Waals surface area contributed by atoms with Crippen LogP contribution in [0.5, 0.6) is 5.75 Å². The lowest BCUT2D eigenvalue weighted by Gasteiger charge is -2.23. The lowest BCUT2D eigenvalue weighted by Crippen LogP contribution is -2.40. The summed E-state index contributed by atoms with van der Waals surface area (Å²) in [5.41, 5.74) is 0.637. The van der Waals surface area contributed by atoms with Gasteiger partial charge in [0.15, 0.2) is 11.7 Å². The van der Waals surface area contributed by atoms with Gasteiger partial charge in [-0.1, -0.05) is 34.5 Å². The molecular formula is C20H17Cl2FN2O3S. The SMILES string of the molecule is O=C(COc1ccc(Cl)cc1Cl)N(CC1CCCO1)c1nc2ccc(F)cc2s1. The zero-order valence-electron chi connectivity index (χ0n) is 15.2. The number of anilines is 1. The smallest absolute Gasteiger partial charge is 0.266 e. The second-order valence-corrected chi connectivity index (χ2v) is 8.46. The van der Waals surface area contributed by atoms with E-state index in [4.69, 9.17) is 32.7 Å². The standard InChI is InChI=1S/C20H17Cl2FN2O3S/c21-12-3-6-17(15(22)8-12)28-11-19(26)25(10-14-2-1-7-27-14)20-24-16-5-4-13(23)9-18(16)29-20/h3-6,8-9,14H,1-2,7,10-11H2. The first-order valence-corrected chi connectivity index (χ1v) is 10.6. The summed E-state index contributed by atoms with van der Waals surface area (Å²) in [5, 5.41) is 1.29. The van der Waals surface area contributed by atoms with Gasteiger partial charge >= 0.3 is 0 Å². The molecule has 1 atom stereocenters. The summed E-state index contributed by atoms with van der Waals surface area (Å²) in [5.74, 6) is -0.260. The molecule has 3 aromatic rings. The van der Waals surface area contributed by atoms with Crippen LogP contribution in [0, 0.1) is 5.82 Å². The quantitative estimate of drug-likeness (QED) is 0.504. The summed E-state index contributed by atoms with van der Waals surface area (Å²) in [6.45, 7) is 0.811. The minimum atomic E-state index is -0.342. The van der Waals surface area contributed by atoms with Crippen molar-refractivity contribution in [2.24, 2.45) is 0 Å². The Bertz CT molecular complexity index is 1040. The molecule has 1 amide bonds. The highest BCUT2D eigenvalue weighted by Crippen LogP contribution is 2.31. The predicted octanol–water partition coefficient (Wildman–Crippen LogP) is 5.33. The average molecular weight is 455 g/mol. The van der Waals surface area contributed by atoms with Crippen molar-refractivity contribution in [1.82, 2.24) is 4.98 Å². The van der Waals surface area contributed by atoms with Gasteiger partial charge in [0.25, 0.3) is 5.91 Å². The molecule has 2 heterocycles. The third kappa shape index (κ3) is 4.80. The maximum atomic E-state index is 13.5. The maximum absolute atomic E-state index is 13.5. The highest BCUT2D eigenvalue weighted by molar-refractivity contribution is 7.22. The lowest BCUT2D eigenvalue weighted by molar-refractivity contribution is -0.120. The molecule has 0 N–H and O–H groups in total. The molecule has 1 aromatic heterocycles. The number of hydrogen-bond acceptors (Lipinski definition) is 5. The molecule has 0 aliphatic carbocycles. The van der Waals surface area contributed by atoms with Gasteiger partial charge < -0.3 is 9.47 Å². The van der Waals surface area contributed by atoms with Crippen LogP contribution in [0.3, 0.4) is 0 Å². The zero-order valence-corrected chi connectivity index (χ0v) is 17.6. The van der Waals surface area contributed by atoms with E-state index in [2.05, 4.69) is 4.98 Å². The number of rotatable bonds is 6. The maximum Gasteiger partial charge on any atom is 0.266 e. The summed E-state index contributed by atoms with van der Waals surface area (Å²) in [6.07, 6.45) is 1.75. The third-order valence-electron chi connectivity index (χ3n) is 4.53. The van der Waals surface area contributed by atoms with E-state index in [0.717, 1.165) is 12.8 Å². The minimum Gasteiger partial charge on any atom is -0.482 e. The molecule has 0 radical (unpaired) electrons. The fourth-order valence-electron chi connectivity index (χ4n) is 3.09. The number of benzene rings is 2. The van der Waals surface area contributed by atoms with Crippen LogP contribution in [-0.4, -0.2) is 36.8 Å². The number of thiazole rings is 1. The van der Waals surface area contributed by atoms with Crippen molar-refractivity contribution in [3.8, 4) is 5.75 Å². The fraction of sp³-hybridized carbons (Fsp3) is 0.300. The highest BCUT2D eigenvalue weighted by Gasteiger charge is 2.26. The first kappa shape index (κ1) is 20.3. The summed E-state index contributed by atoms with van der Waals surface area (Å²) < 4.78 is 25.5. The molecule has 0 saturated carbocycles. The second-order valence-electron chi connectivity index (χ2n) is 6.61. The van der Waals surface area contributed by atoms with Crippen LogP contribution in [0.4, 0.5) is 9.52 Å². The van der Waals surface area contributed by atoms with Gasteiger partial charge in [-0.15, -0.1) is 0 Å². The van der Waals surface area contributed by atoms with Gasteiger partial charge in [0.1, 0.15) is 11.6 Å². The van der Waals surface area contributed by atoms with Crippen LogP contribution in [0.15, 0.2) is 36.4 Å². The Hall–Kier alpha value is -1.93. The van der Waals surface area contributed by atoms with E-state index in [0.29, 0.717) is 44.3 Å². The topological polar surface area (TPSA) is 51.7 Å². The molecule has 2 aromatic carbocycles. The number of carbonyl (C=O) groups is 1. The van der Waals surface area contributed by atoms with Gasteiger partial charge in [-0.2, -0.15) is 0 Å². The molecule has 9 heteroatoms. The van der Waals surface area contributed by atoms with Gasteiger partial charge in [-0.25, -0.2) is 9.37 Å². The van der Waals surface area contributed by atoms with Crippen molar-refractivity contribution in [3.05, 3.63) is 52.3 Å². The van der Waals surface area contributed by atoms with Crippen molar-refractivity contribution in [2.75, 3.05) is 24.7 Å². The zero-order chi connectivity index (χ0) is 20.4. The number of ether oxygens (including phenoxy) is 2. The Kier molecular flexibility index (Phi) is 6.20. The molecular weight excluding hydrogens is 438 g/mol. The van der Waals surface area contributed by atoms with Crippen molar-refractivity contribution < 1.29 is 18.7 Å². The molecule has 1 saturated heterocycles. The predicted molar refractivity (Wildman–Crippen MR) is 113 cm³/mol. The first-order valence-electron chi connectivity index (χ1n) is 9.05. The summed E-state index contributed by atoms with van der Waals surface area (Å²) in [6, 6.07) is 9.17. The Morgan fingerprint density at radius 2 is 2.17 bits per heavy atom. The summed E-state index contributed by atoms with van der Waals surface area (Å²) in [7, 11) is 0. The normalized spacial score (nSPS) is 16.3. The van der Waals surface area contributed by atoms with Crippen LogP contribution in [0.25, 0.3) is 10.2 Å². The molecule has 1 unspecified atom stereocenters. The molecule has 0 spiro atoms. The highest BCUT2D eigenvalue weighted by atomic mass is 35.5. The Labute approximate surface area is 180 Å². The van der Waals surface area contributed by atoms with Crippen molar-refractivity contribution >= 4 is 55.8 Å². The van der Waals surface area contributed by atoms with Crippen molar-refractivity contribution in [2.45, 2.75) is 18.9 Å². The number of hydrogen-bond donors (Lipinski definition) is 0. The monoisotopic (exact) mass is 454 g/mol. The number of carbonyl (C=O) groups excluding carboxylic acids is 1. The van der Waals surface area contributed by atoms with Crippen molar-refractivity contribution in [1.29, 1.82) is 0 Å². The van der Waals surface area contributed by atoms with Gasteiger partial charge in [-0.3, -0.25) is 9.69 Å². The van der Waals surface area contributed by atoms with E-state index in [1.54, 1.807) is 29.2 Å². The number of amides is 1. The Morgan fingerprint density at radius 3 is 2.93 bits per heavy atom. The molecule has 152 valence electrons. The van der Waals surface area contributed by atoms with E-state index >= 15 is 0 Å². The average Bonchev–Trinajstić information content (AvgIpc) is 3.34. The molecule has 29 heavy (non-hydrogen) atoms. The third-order valence-corrected chi connectivity index (χ3v) is 6.10. The second kappa shape index (κ2) is 8.83. The number of nitrogens with zero attached hydrogens (tertiary/aromatic N) is 2. The number of fused-ring (bicyclic) bond motifs is 1. The van der Waals surface area contributed by atoms with E-state index < -0.39 is 0 Å². The van der Waals surface area contributed by atoms with Crippen molar-refractivity contribution in [3.63, 3.8) is 0 Å². The molecule has 1 fully saturated rings. The van der Waals surface area contributed by atoms with Crippen LogP contribution in [0.1, 0.15) is 12.8 Å². The van der Waals surface area contributed by atoms with E-state index in [-0.39, 0.29) is 24.4 Å². The van der Waals surface area contributed by atoms with Gasteiger partial charge in [0, 0.05) is 11.6 Å². The fourth-order valence-corrected chi connectivity index (χ4v) is 4.57. The van der Waals surface area contributed by atoms with Gasteiger partial charge in [0.05, 0.1) is 27.9 Å². The van der Waals surface area contributed by atoms with Crippen LogP contribution in [0.2, 0.25) is 10.0 Å². The van der Waals surface area contributed by atoms with Gasteiger partial charge in [-0.05, 0) is 49.2 Å². The molecule has 5 nitrogen and oxygen atoms in total. The van der Waals surface area contributed by atoms with Crippen LogP contribution in [-0.2, 0) is 9.53 Å². The van der Waals surface area contributed by atoms with E-state index in [1.165, 1.54) is 23.5 Å². The lowest BCUT2D eigenvalue weighted by atomic mass is 10.2. The van der Waals surface area contributed by atoms with E-state index in [9.17, 15) is 9.18 Å². The first-order chi connectivity index (χ1) is 14.0.